The smallest absolute Gasteiger partial charge is 0.320 e. The van der Waals surface area contributed by atoms with Gasteiger partial charge in [0.2, 0.25) is 5.89 Å². The summed E-state index contributed by atoms with van der Waals surface area (Å²) in [5.74, 6) is 0.532. The van der Waals surface area contributed by atoms with Gasteiger partial charge in [0.15, 0.2) is 0 Å². The third-order valence-corrected chi connectivity index (χ3v) is 3.11. The third kappa shape index (κ3) is 4.19. The van der Waals surface area contributed by atoms with Crippen LogP contribution in [0.4, 0.5) is 11.7 Å². The summed E-state index contributed by atoms with van der Waals surface area (Å²) < 4.78 is 6.37. The van der Waals surface area contributed by atoms with E-state index in [1.165, 1.54) is 0 Å². The average molecular weight is 346 g/mol. The predicted molar refractivity (Wildman–Crippen MR) is 78.7 cm³/mol. The van der Waals surface area contributed by atoms with E-state index in [1.54, 1.807) is 6.07 Å². The lowest BCUT2D eigenvalue weighted by Crippen LogP contribution is -2.21. The number of hydrogen-bond donors (Lipinski definition) is 2. The van der Waals surface area contributed by atoms with Gasteiger partial charge in [0.25, 0.3) is 0 Å². The fourth-order valence-corrected chi connectivity index (χ4v) is 2.09. The minimum Gasteiger partial charge on any atom is -0.406 e. The first-order valence-electron chi connectivity index (χ1n) is 5.82. The van der Waals surface area contributed by atoms with Crippen LogP contribution in [0.25, 0.3) is 0 Å². The molecule has 102 valence electrons. The van der Waals surface area contributed by atoms with E-state index in [-0.39, 0.29) is 0 Å². The van der Waals surface area contributed by atoms with Crippen molar-refractivity contribution < 1.29 is 4.42 Å². The molecule has 2 aromatic rings. The molecule has 2 N–H and O–H groups in total. The van der Waals surface area contributed by atoms with Crippen molar-refractivity contribution in [1.82, 2.24) is 15.5 Å². The zero-order valence-corrected chi connectivity index (χ0v) is 12.9. The SMILES string of the molecule is CC(C)NCc1nnc(Nc2ccc(Br)cc2Cl)o1. The Bertz CT molecular complexity index is 558. The van der Waals surface area contributed by atoms with E-state index in [4.69, 9.17) is 16.0 Å². The van der Waals surface area contributed by atoms with Crippen molar-refractivity contribution in [3.8, 4) is 0 Å². The molecule has 19 heavy (non-hydrogen) atoms. The third-order valence-electron chi connectivity index (χ3n) is 2.30. The van der Waals surface area contributed by atoms with Gasteiger partial charge in [0.05, 0.1) is 17.3 Å². The summed E-state index contributed by atoms with van der Waals surface area (Å²) in [6.45, 7) is 4.65. The fraction of sp³-hybridized carbons (Fsp3) is 0.333. The van der Waals surface area contributed by atoms with Crippen LogP contribution in [0.5, 0.6) is 0 Å². The summed E-state index contributed by atoms with van der Waals surface area (Å²) >= 11 is 9.44. The van der Waals surface area contributed by atoms with E-state index in [0.29, 0.717) is 29.5 Å². The number of halogens is 2. The van der Waals surface area contributed by atoms with Crippen LogP contribution in [0.3, 0.4) is 0 Å². The van der Waals surface area contributed by atoms with Crippen molar-refractivity contribution in [2.45, 2.75) is 26.4 Å². The van der Waals surface area contributed by atoms with Gasteiger partial charge in [-0.05, 0) is 18.2 Å². The maximum absolute atomic E-state index is 6.09. The second-order valence-electron chi connectivity index (χ2n) is 4.29. The molecule has 0 spiro atoms. The summed E-state index contributed by atoms with van der Waals surface area (Å²) in [5, 5.41) is 14.6. The van der Waals surface area contributed by atoms with Gasteiger partial charge in [0.1, 0.15) is 0 Å². The molecular formula is C12H14BrClN4O. The van der Waals surface area contributed by atoms with E-state index in [0.717, 1.165) is 10.2 Å². The van der Waals surface area contributed by atoms with E-state index in [9.17, 15) is 0 Å². The largest absolute Gasteiger partial charge is 0.406 e. The molecule has 7 heteroatoms. The van der Waals surface area contributed by atoms with Crippen LogP contribution in [0, 0.1) is 0 Å². The van der Waals surface area contributed by atoms with Crippen LogP contribution in [0.1, 0.15) is 19.7 Å². The summed E-state index contributed by atoms with van der Waals surface area (Å²) in [6, 6.07) is 6.20. The molecule has 1 aromatic heterocycles. The predicted octanol–water partition coefficient (Wildman–Crippen LogP) is 3.73. The molecule has 0 saturated heterocycles. The quantitative estimate of drug-likeness (QED) is 0.864. The molecule has 0 saturated carbocycles. The van der Waals surface area contributed by atoms with Crippen molar-refractivity contribution in [3.63, 3.8) is 0 Å². The lowest BCUT2D eigenvalue weighted by molar-refractivity contribution is 0.460. The zero-order valence-electron chi connectivity index (χ0n) is 10.6. The Morgan fingerprint density at radius 1 is 1.37 bits per heavy atom. The van der Waals surface area contributed by atoms with E-state index >= 15 is 0 Å². The molecule has 0 radical (unpaired) electrons. The molecular weight excluding hydrogens is 332 g/mol. The number of anilines is 2. The second kappa shape index (κ2) is 6.36. The van der Waals surface area contributed by atoms with Gasteiger partial charge in [-0.1, -0.05) is 46.5 Å². The van der Waals surface area contributed by atoms with Gasteiger partial charge >= 0.3 is 6.01 Å². The Morgan fingerprint density at radius 3 is 2.84 bits per heavy atom. The van der Waals surface area contributed by atoms with Crippen molar-refractivity contribution in [2.75, 3.05) is 5.32 Å². The number of rotatable bonds is 5. The summed E-state index contributed by atoms with van der Waals surface area (Å²) in [5.41, 5.74) is 0.719. The molecule has 0 bridgehead atoms. The van der Waals surface area contributed by atoms with Crippen molar-refractivity contribution in [3.05, 3.63) is 33.6 Å². The Labute approximate surface area is 124 Å². The molecule has 0 unspecified atom stereocenters. The van der Waals surface area contributed by atoms with Crippen LogP contribution in [0.2, 0.25) is 5.02 Å². The summed E-state index contributed by atoms with van der Waals surface area (Å²) in [6.07, 6.45) is 0. The normalized spacial score (nSPS) is 11.0. The number of aromatic nitrogens is 2. The molecule has 0 aliphatic carbocycles. The highest BCUT2D eigenvalue weighted by molar-refractivity contribution is 9.10. The average Bonchev–Trinajstić information content (AvgIpc) is 2.78. The maximum atomic E-state index is 6.09. The first kappa shape index (κ1) is 14.3. The van der Waals surface area contributed by atoms with Crippen LogP contribution in [-0.2, 0) is 6.54 Å². The van der Waals surface area contributed by atoms with E-state index in [2.05, 4.69) is 50.6 Å². The maximum Gasteiger partial charge on any atom is 0.320 e. The van der Waals surface area contributed by atoms with Crippen molar-refractivity contribution >= 4 is 39.2 Å². The second-order valence-corrected chi connectivity index (χ2v) is 5.61. The minimum atomic E-state index is 0.324. The molecule has 0 fully saturated rings. The number of nitrogens with one attached hydrogen (secondary N) is 2. The van der Waals surface area contributed by atoms with Crippen molar-refractivity contribution in [1.29, 1.82) is 0 Å². The lowest BCUT2D eigenvalue weighted by atomic mass is 10.3. The van der Waals surface area contributed by atoms with Crippen LogP contribution in [-0.4, -0.2) is 16.2 Å². The highest BCUT2D eigenvalue weighted by atomic mass is 79.9. The summed E-state index contributed by atoms with van der Waals surface area (Å²) in [4.78, 5) is 0. The topological polar surface area (TPSA) is 63.0 Å². The number of hydrogen-bond acceptors (Lipinski definition) is 5. The fourth-order valence-electron chi connectivity index (χ4n) is 1.37. The molecule has 0 aliphatic heterocycles. The van der Waals surface area contributed by atoms with E-state index < -0.39 is 0 Å². The zero-order chi connectivity index (χ0) is 13.8. The molecule has 1 heterocycles. The monoisotopic (exact) mass is 344 g/mol. The number of nitrogens with zero attached hydrogens (tertiary/aromatic N) is 2. The highest BCUT2D eigenvalue weighted by Gasteiger charge is 2.08. The lowest BCUT2D eigenvalue weighted by Gasteiger charge is -2.05. The highest BCUT2D eigenvalue weighted by Crippen LogP contribution is 2.27. The number of benzene rings is 1. The molecule has 0 atom stereocenters. The van der Waals surface area contributed by atoms with Crippen molar-refractivity contribution in [2.24, 2.45) is 0 Å². The van der Waals surface area contributed by atoms with Crippen LogP contribution >= 0.6 is 27.5 Å². The van der Waals surface area contributed by atoms with Gasteiger partial charge in [-0.15, -0.1) is 5.10 Å². The van der Waals surface area contributed by atoms with Gasteiger partial charge in [-0.25, -0.2) is 0 Å². The minimum absolute atomic E-state index is 0.324. The Kier molecular flexibility index (Phi) is 4.79. The van der Waals surface area contributed by atoms with Crippen LogP contribution < -0.4 is 10.6 Å². The molecule has 2 rings (SSSR count). The van der Waals surface area contributed by atoms with E-state index in [1.807, 2.05) is 12.1 Å². The first-order valence-corrected chi connectivity index (χ1v) is 6.99. The summed E-state index contributed by atoms with van der Waals surface area (Å²) in [7, 11) is 0. The Morgan fingerprint density at radius 2 is 2.16 bits per heavy atom. The first-order chi connectivity index (χ1) is 9.04. The molecule has 0 aliphatic rings. The van der Waals surface area contributed by atoms with Gasteiger partial charge < -0.3 is 15.1 Å². The van der Waals surface area contributed by atoms with Gasteiger partial charge in [-0.3, -0.25) is 0 Å². The molecule has 1 aromatic carbocycles. The molecule has 0 amide bonds. The van der Waals surface area contributed by atoms with Crippen LogP contribution in [0.15, 0.2) is 27.1 Å². The Balaban J connectivity index is 2.03. The standard InChI is InChI=1S/C12H14BrClN4O/c1-7(2)15-6-11-17-18-12(19-11)16-10-4-3-8(13)5-9(10)14/h3-5,7,15H,6H2,1-2H3,(H,16,18). The Hall–Kier alpha value is -1.11. The van der Waals surface area contributed by atoms with Gasteiger partial charge in [0, 0.05) is 10.5 Å². The molecule has 5 nitrogen and oxygen atoms in total. The van der Waals surface area contributed by atoms with Gasteiger partial charge in [-0.2, -0.15) is 0 Å².